The van der Waals surface area contributed by atoms with Crippen molar-refractivity contribution in [1.82, 2.24) is 0 Å². The molecule has 0 aliphatic carbocycles. The average molecular weight is 270 g/mol. The minimum atomic E-state index is -0.261. The Morgan fingerprint density at radius 2 is 1.95 bits per heavy atom. The summed E-state index contributed by atoms with van der Waals surface area (Å²) in [5.74, 6) is 1.49. The Labute approximate surface area is 118 Å². The number of aliphatic hydroxyl groups is 1. The van der Waals surface area contributed by atoms with Gasteiger partial charge < -0.3 is 14.6 Å². The first-order chi connectivity index (χ1) is 9.22. The number of rotatable bonds is 3. The summed E-state index contributed by atoms with van der Waals surface area (Å²) in [7, 11) is 0. The fourth-order valence-corrected chi connectivity index (χ4v) is 1.43. The Hall–Kier alpha value is -1.22. The van der Waals surface area contributed by atoms with Crippen LogP contribution in [0.3, 0.4) is 0 Å². The summed E-state index contributed by atoms with van der Waals surface area (Å²) in [6, 6.07) is 0. The van der Waals surface area contributed by atoms with Gasteiger partial charge in [-0.25, -0.2) is 0 Å². The Balaban J connectivity index is 0. The van der Waals surface area contributed by atoms with E-state index in [0.29, 0.717) is 6.61 Å². The third-order valence-corrected chi connectivity index (χ3v) is 2.24. The third-order valence-electron chi connectivity index (χ3n) is 2.24. The molecule has 3 nitrogen and oxygen atoms in total. The van der Waals surface area contributed by atoms with Crippen LogP contribution in [0.2, 0.25) is 0 Å². The zero-order valence-corrected chi connectivity index (χ0v) is 13.3. The van der Waals surface area contributed by atoms with Crippen LogP contribution >= 0.6 is 0 Å². The number of hydrogen-bond donors (Lipinski definition) is 1. The third kappa shape index (κ3) is 7.06. The lowest BCUT2D eigenvalue weighted by Crippen LogP contribution is -2.29. The molecule has 1 aliphatic rings. The molecule has 19 heavy (non-hydrogen) atoms. The Kier molecular flexibility index (Phi) is 14.0. The van der Waals surface area contributed by atoms with E-state index < -0.39 is 0 Å². The van der Waals surface area contributed by atoms with E-state index in [1.807, 2.05) is 53.7 Å². The number of allylic oxidation sites excluding steroid dienone is 3. The van der Waals surface area contributed by atoms with E-state index in [0.717, 1.165) is 23.5 Å². The molecule has 0 saturated carbocycles. The van der Waals surface area contributed by atoms with Crippen molar-refractivity contribution in [2.45, 2.75) is 54.1 Å². The van der Waals surface area contributed by atoms with Crippen molar-refractivity contribution in [2.24, 2.45) is 0 Å². The lowest BCUT2D eigenvalue weighted by Gasteiger charge is -2.28. The summed E-state index contributed by atoms with van der Waals surface area (Å²) < 4.78 is 11.1. The van der Waals surface area contributed by atoms with Gasteiger partial charge in [0.25, 0.3) is 0 Å². The van der Waals surface area contributed by atoms with Gasteiger partial charge in [-0.05, 0) is 31.9 Å². The highest BCUT2D eigenvalue weighted by Crippen LogP contribution is 2.26. The average Bonchev–Trinajstić information content (AvgIpc) is 2.50. The Morgan fingerprint density at radius 3 is 2.37 bits per heavy atom. The molecule has 1 aliphatic heterocycles. The van der Waals surface area contributed by atoms with E-state index in [1.165, 1.54) is 0 Å². The van der Waals surface area contributed by atoms with E-state index in [-0.39, 0.29) is 12.7 Å². The first kappa shape index (κ1) is 20.1. The maximum absolute atomic E-state index is 9.01. The molecule has 0 spiro atoms. The van der Waals surface area contributed by atoms with E-state index in [2.05, 4.69) is 6.58 Å². The minimum Gasteiger partial charge on any atom is -0.486 e. The highest BCUT2D eigenvalue weighted by Gasteiger charge is 2.23. The predicted molar refractivity (Wildman–Crippen MR) is 81.9 cm³/mol. The van der Waals surface area contributed by atoms with Gasteiger partial charge in [-0.15, -0.1) is 6.58 Å². The van der Waals surface area contributed by atoms with Gasteiger partial charge in [-0.2, -0.15) is 0 Å². The quantitative estimate of drug-likeness (QED) is 0.781. The molecule has 0 bridgehead atoms. The van der Waals surface area contributed by atoms with Crippen molar-refractivity contribution in [3.63, 3.8) is 0 Å². The summed E-state index contributed by atoms with van der Waals surface area (Å²) in [5, 5.41) is 9.01. The van der Waals surface area contributed by atoms with Crippen LogP contribution < -0.4 is 0 Å². The molecule has 112 valence electrons. The molecule has 1 rings (SSSR count). The molecule has 0 amide bonds. The summed E-state index contributed by atoms with van der Waals surface area (Å²) in [6.45, 7) is 15.9. The molecule has 1 saturated heterocycles. The fourth-order valence-electron chi connectivity index (χ4n) is 1.43. The highest BCUT2D eigenvalue weighted by atomic mass is 16.6. The topological polar surface area (TPSA) is 38.7 Å². The van der Waals surface area contributed by atoms with E-state index in [1.54, 1.807) is 0 Å². The van der Waals surface area contributed by atoms with Crippen LogP contribution in [-0.2, 0) is 9.47 Å². The first-order valence-electron chi connectivity index (χ1n) is 7.10. The monoisotopic (exact) mass is 270 g/mol. The molecule has 0 aromatic rings. The van der Waals surface area contributed by atoms with Crippen molar-refractivity contribution >= 4 is 0 Å². The van der Waals surface area contributed by atoms with Gasteiger partial charge in [0.15, 0.2) is 17.6 Å². The summed E-state index contributed by atoms with van der Waals surface area (Å²) in [6.07, 6.45) is 4.19. The highest BCUT2D eigenvalue weighted by molar-refractivity contribution is 5.27. The summed E-state index contributed by atoms with van der Waals surface area (Å²) >= 11 is 0. The molecular weight excluding hydrogens is 240 g/mol. The van der Waals surface area contributed by atoms with Gasteiger partial charge in [-0.1, -0.05) is 33.8 Å². The van der Waals surface area contributed by atoms with Gasteiger partial charge in [0.1, 0.15) is 6.61 Å². The molecule has 0 radical (unpaired) electrons. The number of aliphatic hydroxyl groups excluding tert-OH is 1. The molecule has 1 heterocycles. The lowest BCUT2D eigenvalue weighted by molar-refractivity contribution is -0.0354. The summed E-state index contributed by atoms with van der Waals surface area (Å²) in [5.41, 5.74) is 1.07. The van der Waals surface area contributed by atoms with Crippen LogP contribution in [-0.4, -0.2) is 24.4 Å². The molecule has 1 fully saturated rings. The number of ether oxygens (including phenoxy) is 2. The van der Waals surface area contributed by atoms with Gasteiger partial charge in [0.05, 0.1) is 6.61 Å². The van der Waals surface area contributed by atoms with Crippen LogP contribution in [0, 0.1) is 0 Å². The molecular formula is C16H30O3. The lowest BCUT2D eigenvalue weighted by atomic mass is 10.1. The van der Waals surface area contributed by atoms with Crippen LogP contribution in [0.15, 0.2) is 35.8 Å². The Morgan fingerprint density at radius 1 is 1.37 bits per heavy atom. The van der Waals surface area contributed by atoms with E-state index in [9.17, 15) is 0 Å². The smallest absolute Gasteiger partial charge is 0.160 e. The predicted octanol–water partition coefficient (Wildman–Crippen LogP) is 4.20. The number of hydrogen-bond acceptors (Lipinski definition) is 3. The second-order valence-corrected chi connectivity index (χ2v) is 3.49. The SMILES string of the molecule is C=CC/C(C)=C1\OC(CO)CO\C1=C\C.CC.CC. The molecule has 3 heteroatoms. The molecule has 0 aromatic heterocycles. The molecule has 1 N–H and O–H groups in total. The van der Waals surface area contributed by atoms with Gasteiger partial charge >= 0.3 is 0 Å². The van der Waals surface area contributed by atoms with Gasteiger partial charge in [-0.3, -0.25) is 0 Å². The van der Waals surface area contributed by atoms with Crippen molar-refractivity contribution in [3.05, 3.63) is 35.8 Å². The molecule has 0 aromatic carbocycles. The Bertz CT molecular complexity index is 290. The van der Waals surface area contributed by atoms with Crippen molar-refractivity contribution in [1.29, 1.82) is 0 Å². The molecule has 1 atom stereocenters. The normalized spacial score (nSPS) is 21.8. The van der Waals surface area contributed by atoms with Crippen molar-refractivity contribution in [3.8, 4) is 0 Å². The van der Waals surface area contributed by atoms with E-state index >= 15 is 0 Å². The molecule has 1 unspecified atom stereocenters. The van der Waals surface area contributed by atoms with Crippen LogP contribution in [0.25, 0.3) is 0 Å². The largest absolute Gasteiger partial charge is 0.486 e. The minimum absolute atomic E-state index is 0.0259. The van der Waals surface area contributed by atoms with Crippen LogP contribution in [0.5, 0.6) is 0 Å². The van der Waals surface area contributed by atoms with Crippen LogP contribution in [0.1, 0.15) is 48.0 Å². The maximum atomic E-state index is 9.01. The van der Waals surface area contributed by atoms with E-state index in [4.69, 9.17) is 14.6 Å². The zero-order chi connectivity index (χ0) is 15.3. The first-order valence-corrected chi connectivity index (χ1v) is 7.10. The standard InChI is InChI=1S/C12H18O3.2C2H6/c1-4-6-9(3)12-11(5-2)14-8-10(7-13)15-12;2*1-2/h4-5,10,13H,1,6-8H2,2-3H3;2*1-2H3/b11-5+,12-9-;;. The fraction of sp³-hybridized carbons (Fsp3) is 0.625. The second kappa shape index (κ2) is 13.2. The zero-order valence-electron chi connectivity index (χ0n) is 13.3. The summed E-state index contributed by atoms with van der Waals surface area (Å²) in [4.78, 5) is 0. The van der Waals surface area contributed by atoms with Crippen molar-refractivity contribution < 1.29 is 14.6 Å². The van der Waals surface area contributed by atoms with Crippen LogP contribution in [0.4, 0.5) is 0 Å². The van der Waals surface area contributed by atoms with Gasteiger partial charge in [0, 0.05) is 0 Å². The maximum Gasteiger partial charge on any atom is 0.160 e. The van der Waals surface area contributed by atoms with Gasteiger partial charge in [0.2, 0.25) is 0 Å². The van der Waals surface area contributed by atoms with Crippen molar-refractivity contribution in [2.75, 3.05) is 13.2 Å². The second-order valence-electron chi connectivity index (χ2n) is 3.49.